The maximum atomic E-state index is 11.0. The number of thioether (sulfide) groups is 1. The molecule has 0 aliphatic carbocycles. The van der Waals surface area contributed by atoms with Gasteiger partial charge < -0.3 is 10.5 Å². The van der Waals surface area contributed by atoms with Crippen molar-refractivity contribution in [2.45, 2.75) is 25.8 Å². The normalized spacial score (nSPS) is 12.2. The molecule has 0 aromatic carbocycles. The number of hydrogen-bond acceptors (Lipinski definition) is 5. The van der Waals surface area contributed by atoms with Crippen LogP contribution in [0.15, 0.2) is 0 Å². The molecule has 0 unspecified atom stereocenters. The first-order valence-corrected chi connectivity index (χ1v) is 5.50. The van der Waals surface area contributed by atoms with Gasteiger partial charge in [-0.3, -0.25) is 4.79 Å². The average Bonchev–Trinajstić information content (AvgIpc) is 2.13. The second-order valence-electron chi connectivity index (χ2n) is 2.53. The van der Waals surface area contributed by atoms with Crippen LogP contribution in [0.2, 0.25) is 0 Å². The summed E-state index contributed by atoms with van der Waals surface area (Å²) in [6.07, 6.45) is 2.66. The van der Waals surface area contributed by atoms with Crippen LogP contribution in [-0.2, 0) is 14.3 Å². The topological polar surface area (TPSA) is 69.4 Å². The van der Waals surface area contributed by atoms with E-state index in [4.69, 9.17) is 5.73 Å². The lowest BCUT2D eigenvalue weighted by Gasteiger charge is -2.08. The lowest BCUT2D eigenvalue weighted by molar-refractivity contribution is -0.160. The summed E-state index contributed by atoms with van der Waals surface area (Å²) in [7, 11) is 0. The van der Waals surface area contributed by atoms with Gasteiger partial charge in [0.05, 0.1) is 0 Å². The van der Waals surface area contributed by atoms with Gasteiger partial charge in [0, 0.05) is 6.42 Å². The zero-order valence-electron chi connectivity index (χ0n) is 7.91. The molecule has 0 bridgehead atoms. The summed E-state index contributed by atoms with van der Waals surface area (Å²) in [5, 5.41) is 0. The van der Waals surface area contributed by atoms with Gasteiger partial charge in [0.1, 0.15) is 6.04 Å². The van der Waals surface area contributed by atoms with Crippen LogP contribution >= 0.6 is 11.8 Å². The first-order chi connectivity index (χ1) is 6.11. The third-order valence-corrected chi connectivity index (χ3v) is 2.08. The Morgan fingerprint density at radius 2 is 2.15 bits per heavy atom. The van der Waals surface area contributed by atoms with Crippen LogP contribution in [0.4, 0.5) is 0 Å². The molecule has 5 heteroatoms. The van der Waals surface area contributed by atoms with Gasteiger partial charge >= 0.3 is 11.9 Å². The molecule has 0 fully saturated rings. The van der Waals surface area contributed by atoms with E-state index >= 15 is 0 Å². The van der Waals surface area contributed by atoms with Crippen molar-refractivity contribution in [2.75, 3.05) is 12.0 Å². The Balaban J connectivity index is 3.75. The molecule has 13 heavy (non-hydrogen) atoms. The molecule has 0 spiro atoms. The molecule has 0 aromatic rings. The third-order valence-electron chi connectivity index (χ3n) is 1.44. The molecule has 76 valence electrons. The summed E-state index contributed by atoms with van der Waals surface area (Å²) in [6.45, 7) is 1.63. The maximum absolute atomic E-state index is 11.0. The molecule has 0 aliphatic rings. The highest BCUT2D eigenvalue weighted by molar-refractivity contribution is 7.98. The van der Waals surface area contributed by atoms with E-state index < -0.39 is 18.0 Å². The summed E-state index contributed by atoms with van der Waals surface area (Å²) in [5.74, 6) is -0.359. The molecule has 0 radical (unpaired) electrons. The van der Waals surface area contributed by atoms with Gasteiger partial charge in [-0.2, -0.15) is 11.8 Å². The van der Waals surface area contributed by atoms with E-state index in [-0.39, 0.29) is 6.42 Å². The van der Waals surface area contributed by atoms with E-state index in [9.17, 15) is 9.59 Å². The number of carbonyl (C=O) groups excluding carboxylic acids is 2. The highest BCUT2D eigenvalue weighted by atomic mass is 32.2. The Morgan fingerprint density at radius 3 is 2.62 bits per heavy atom. The fraction of sp³-hybridized carbons (Fsp3) is 0.750. The zero-order chi connectivity index (χ0) is 10.3. The monoisotopic (exact) mass is 205 g/mol. The highest BCUT2D eigenvalue weighted by Gasteiger charge is 2.16. The summed E-state index contributed by atoms with van der Waals surface area (Å²) in [6, 6.07) is -0.678. The minimum Gasteiger partial charge on any atom is -0.392 e. The molecule has 0 aromatic heterocycles. The molecule has 0 amide bonds. The summed E-state index contributed by atoms with van der Waals surface area (Å²) in [4.78, 5) is 21.7. The van der Waals surface area contributed by atoms with E-state index in [2.05, 4.69) is 4.74 Å². The highest BCUT2D eigenvalue weighted by Crippen LogP contribution is 2.00. The lowest BCUT2D eigenvalue weighted by Crippen LogP contribution is -2.34. The van der Waals surface area contributed by atoms with Crippen LogP contribution in [0.3, 0.4) is 0 Å². The van der Waals surface area contributed by atoms with Crippen LogP contribution < -0.4 is 5.73 Å². The van der Waals surface area contributed by atoms with Gasteiger partial charge in [0.25, 0.3) is 0 Å². The number of esters is 2. The Hall–Kier alpha value is -0.550. The van der Waals surface area contributed by atoms with Crippen molar-refractivity contribution < 1.29 is 14.3 Å². The third kappa shape index (κ3) is 5.65. The van der Waals surface area contributed by atoms with Crippen LogP contribution in [0, 0.1) is 0 Å². The van der Waals surface area contributed by atoms with Crippen molar-refractivity contribution in [1.29, 1.82) is 0 Å². The smallest absolute Gasteiger partial charge is 0.330 e. The number of hydrogen-bond donors (Lipinski definition) is 1. The van der Waals surface area contributed by atoms with Crippen LogP contribution in [0.5, 0.6) is 0 Å². The van der Waals surface area contributed by atoms with E-state index in [1.54, 1.807) is 18.7 Å². The van der Waals surface area contributed by atoms with E-state index in [0.717, 1.165) is 5.75 Å². The van der Waals surface area contributed by atoms with Gasteiger partial charge in [-0.1, -0.05) is 6.92 Å². The Morgan fingerprint density at radius 1 is 1.54 bits per heavy atom. The number of ether oxygens (including phenoxy) is 1. The summed E-state index contributed by atoms with van der Waals surface area (Å²) in [5.41, 5.74) is 5.47. The molecule has 0 rings (SSSR count). The molecule has 0 saturated heterocycles. The Bertz CT molecular complexity index is 184. The second-order valence-corrected chi connectivity index (χ2v) is 3.52. The SMILES string of the molecule is CCC(=O)OC(=O)[C@@H](N)CCSC. The molecule has 1 atom stereocenters. The first kappa shape index (κ1) is 12.4. The van der Waals surface area contributed by atoms with Crippen LogP contribution in [-0.4, -0.2) is 30.0 Å². The van der Waals surface area contributed by atoms with Crippen molar-refractivity contribution >= 4 is 23.7 Å². The standard InChI is InChI=1S/C8H15NO3S/c1-3-7(10)12-8(11)6(9)4-5-13-2/h6H,3-5,9H2,1-2H3/t6-/m0/s1. The lowest BCUT2D eigenvalue weighted by atomic mass is 10.2. The summed E-state index contributed by atoms with van der Waals surface area (Å²) >= 11 is 1.60. The maximum Gasteiger partial charge on any atom is 0.330 e. The number of nitrogens with two attached hydrogens (primary N) is 1. The van der Waals surface area contributed by atoms with Gasteiger partial charge in [-0.05, 0) is 18.4 Å². The largest absolute Gasteiger partial charge is 0.392 e. The van der Waals surface area contributed by atoms with Crippen LogP contribution in [0.25, 0.3) is 0 Å². The predicted molar refractivity (Wildman–Crippen MR) is 52.4 cm³/mol. The van der Waals surface area contributed by atoms with E-state index in [0.29, 0.717) is 6.42 Å². The van der Waals surface area contributed by atoms with Crippen molar-refractivity contribution in [3.63, 3.8) is 0 Å². The quantitative estimate of drug-likeness (QED) is 0.524. The molecular formula is C8H15NO3S. The van der Waals surface area contributed by atoms with Gasteiger partial charge in [-0.15, -0.1) is 0 Å². The van der Waals surface area contributed by atoms with Crippen molar-refractivity contribution in [3.8, 4) is 0 Å². The first-order valence-electron chi connectivity index (χ1n) is 4.10. The predicted octanol–water partition coefficient (Wildman–Crippen LogP) is 0.547. The van der Waals surface area contributed by atoms with Gasteiger partial charge in [0.2, 0.25) is 0 Å². The molecule has 0 saturated carbocycles. The number of rotatable bonds is 5. The van der Waals surface area contributed by atoms with Gasteiger partial charge in [0.15, 0.2) is 0 Å². The average molecular weight is 205 g/mol. The van der Waals surface area contributed by atoms with Gasteiger partial charge in [-0.25, -0.2) is 4.79 Å². The van der Waals surface area contributed by atoms with E-state index in [1.807, 2.05) is 6.26 Å². The second kappa shape index (κ2) is 6.91. The van der Waals surface area contributed by atoms with Crippen molar-refractivity contribution in [2.24, 2.45) is 5.73 Å². The van der Waals surface area contributed by atoms with E-state index in [1.165, 1.54) is 0 Å². The Labute approximate surface area is 82.2 Å². The van der Waals surface area contributed by atoms with Crippen molar-refractivity contribution in [1.82, 2.24) is 0 Å². The molecule has 2 N–H and O–H groups in total. The molecule has 0 aliphatic heterocycles. The minimum absolute atomic E-state index is 0.195. The summed E-state index contributed by atoms with van der Waals surface area (Å²) < 4.78 is 4.45. The Kier molecular flexibility index (Phi) is 6.62. The minimum atomic E-state index is -0.678. The number of carbonyl (C=O) groups is 2. The fourth-order valence-corrected chi connectivity index (χ4v) is 1.11. The molecular weight excluding hydrogens is 190 g/mol. The zero-order valence-corrected chi connectivity index (χ0v) is 8.73. The van der Waals surface area contributed by atoms with Crippen LogP contribution in [0.1, 0.15) is 19.8 Å². The molecule has 4 nitrogen and oxygen atoms in total. The molecule has 0 heterocycles. The fourth-order valence-electron chi connectivity index (χ4n) is 0.623. The van der Waals surface area contributed by atoms with Crippen molar-refractivity contribution in [3.05, 3.63) is 0 Å².